The van der Waals surface area contributed by atoms with Crippen LogP contribution in [0.2, 0.25) is 0 Å². The highest BCUT2D eigenvalue weighted by atomic mass is 16.5. The maximum atomic E-state index is 6.16. The van der Waals surface area contributed by atoms with Crippen molar-refractivity contribution in [1.29, 1.82) is 0 Å². The minimum atomic E-state index is 0.137. The quantitative estimate of drug-likeness (QED) is 0.743. The molecule has 2 aromatic rings. The zero-order chi connectivity index (χ0) is 16.4. The molecule has 0 saturated carbocycles. The van der Waals surface area contributed by atoms with Gasteiger partial charge < -0.3 is 4.74 Å². The Labute approximate surface area is 139 Å². The van der Waals surface area contributed by atoms with Crippen LogP contribution in [0, 0.1) is 5.41 Å². The summed E-state index contributed by atoms with van der Waals surface area (Å²) in [6.07, 6.45) is 4.10. The van der Waals surface area contributed by atoms with Gasteiger partial charge in [-0.15, -0.1) is 0 Å². The zero-order valence-corrected chi connectivity index (χ0v) is 14.7. The third-order valence-corrected chi connectivity index (χ3v) is 5.01. The third-order valence-electron chi connectivity index (χ3n) is 5.01. The number of aromatic nitrogens is 1. The van der Waals surface area contributed by atoms with E-state index in [0.717, 1.165) is 30.9 Å². The molecule has 0 N–H and O–H groups in total. The monoisotopic (exact) mass is 309 g/mol. The second kappa shape index (κ2) is 6.35. The summed E-state index contributed by atoms with van der Waals surface area (Å²) in [5.74, 6) is 1.90. The molecule has 2 nitrogen and oxygen atoms in total. The Morgan fingerprint density at radius 2 is 2.09 bits per heavy atom. The fraction of sp³-hybridized carbons (Fsp3) is 0.476. The van der Waals surface area contributed by atoms with Crippen molar-refractivity contribution in [3.8, 4) is 5.75 Å². The largest absolute Gasteiger partial charge is 0.493 e. The van der Waals surface area contributed by atoms with Gasteiger partial charge in [-0.05, 0) is 47.9 Å². The van der Waals surface area contributed by atoms with Gasteiger partial charge in [0.15, 0.2) is 0 Å². The lowest BCUT2D eigenvalue weighted by atomic mass is 9.79. The van der Waals surface area contributed by atoms with Gasteiger partial charge in [0.05, 0.1) is 6.61 Å². The summed E-state index contributed by atoms with van der Waals surface area (Å²) in [4.78, 5) is 4.65. The molecule has 0 aliphatic carbocycles. The summed E-state index contributed by atoms with van der Waals surface area (Å²) < 4.78 is 6.16. The van der Waals surface area contributed by atoms with E-state index in [1.165, 1.54) is 11.1 Å². The Bertz CT molecular complexity index is 663. The second-order valence-corrected chi connectivity index (χ2v) is 7.57. The van der Waals surface area contributed by atoms with Crippen LogP contribution in [0.25, 0.3) is 0 Å². The summed E-state index contributed by atoms with van der Waals surface area (Å²) in [5.41, 5.74) is 3.98. The third kappa shape index (κ3) is 3.41. The van der Waals surface area contributed by atoms with Crippen molar-refractivity contribution in [2.24, 2.45) is 5.41 Å². The number of hydrogen-bond acceptors (Lipinski definition) is 2. The van der Waals surface area contributed by atoms with E-state index in [9.17, 15) is 0 Å². The van der Waals surface area contributed by atoms with Gasteiger partial charge in [0, 0.05) is 23.4 Å². The van der Waals surface area contributed by atoms with Crippen LogP contribution in [-0.2, 0) is 0 Å². The standard InChI is InChI=1S/C21H27NO/c1-5-15(2)16-9-10-20-17(12-16)18(13-21(3,4)14-23-20)19-8-6-7-11-22-19/h6-12,15,18H,5,13-14H2,1-4H3. The Morgan fingerprint density at radius 1 is 1.26 bits per heavy atom. The van der Waals surface area contributed by atoms with Crippen molar-refractivity contribution in [3.63, 3.8) is 0 Å². The molecule has 0 spiro atoms. The topological polar surface area (TPSA) is 22.1 Å². The van der Waals surface area contributed by atoms with Crippen molar-refractivity contribution in [2.45, 2.75) is 52.4 Å². The van der Waals surface area contributed by atoms with Crippen LogP contribution in [0.15, 0.2) is 42.6 Å². The van der Waals surface area contributed by atoms with Gasteiger partial charge in [0.25, 0.3) is 0 Å². The fourth-order valence-corrected chi connectivity index (χ4v) is 3.35. The molecular formula is C21H27NO. The number of fused-ring (bicyclic) bond motifs is 1. The fourth-order valence-electron chi connectivity index (χ4n) is 3.35. The molecule has 1 aromatic heterocycles. The minimum absolute atomic E-state index is 0.137. The Balaban J connectivity index is 2.10. The first-order valence-corrected chi connectivity index (χ1v) is 8.68. The molecule has 0 saturated heterocycles. The number of ether oxygens (including phenoxy) is 1. The predicted molar refractivity (Wildman–Crippen MR) is 95.1 cm³/mol. The number of hydrogen-bond donors (Lipinski definition) is 0. The molecule has 2 heterocycles. The van der Waals surface area contributed by atoms with Gasteiger partial charge in [0.2, 0.25) is 0 Å². The lowest BCUT2D eigenvalue weighted by molar-refractivity contribution is 0.178. The van der Waals surface area contributed by atoms with E-state index in [1.807, 2.05) is 12.3 Å². The van der Waals surface area contributed by atoms with Gasteiger partial charge in [-0.2, -0.15) is 0 Å². The van der Waals surface area contributed by atoms with Crippen LogP contribution in [0.1, 0.15) is 69.2 Å². The highest BCUT2D eigenvalue weighted by Crippen LogP contribution is 2.44. The molecule has 2 atom stereocenters. The summed E-state index contributed by atoms with van der Waals surface area (Å²) in [5, 5.41) is 0. The molecule has 2 unspecified atom stereocenters. The minimum Gasteiger partial charge on any atom is -0.493 e. The van der Waals surface area contributed by atoms with Crippen LogP contribution in [0.5, 0.6) is 5.75 Å². The van der Waals surface area contributed by atoms with Crippen molar-refractivity contribution >= 4 is 0 Å². The number of rotatable bonds is 3. The van der Waals surface area contributed by atoms with Crippen LogP contribution >= 0.6 is 0 Å². The van der Waals surface area contributed by atoms with Gasteiger partial charge >= 0.3 is 0 Å². The maximum Gasteiger partial charge on any atom is 0.123 e. The molecule has 23 heavy (non-hydrogen) atoms. The molecule has 0 fully saturated rings. The van der Waals surface area contributed by atoms with Gasteiger partial charge in [-0.3, -0.25) is 4.98 Å². The van der Waals surface area contributed by atoms with E-state index in [4.69, 9.17) is 4.74 Å². The first-order chi connectivity index (χ1) is 11.0. The molecule has 0 amide bonds. The van der Waals surface area contributed by atoms with Crippen LogP contribution < -0.4 is 4.74 Å². The van der Waals surface area contributed by atoms with Crippen LogP contribution in [0.4, 0.5) is 0 Å². The number of nitrogens with zero attached hydrogens (tertiary/aromatic N) is 1. The van der Waals surface area contributed by atoms with Gasteiger partial charge in [0.1, 0.15) is 5.75 Å². The van der Waals surface area contributed by atoms with E-state index < -0.39 is 0 Å². The van der Waals surface area contributed by atoms with Crippen LogP contribution in [0.3, 0.4) is 0 Å². The van der Waals surface area contributed by atoms with E-state index in [2.05, 4.69) is 63.0 Å². The molecule has 0 bridgehead atoms. The molecule has 1 aliphatic rings. The van der Waals surface area contributed by atoms with E-state index in [0.29, 0.717) is 11.8 Å². The van der Waals surface area contributed by atoms with Gasteiger partial charge in [-0.1, -0.05) is 45.9 Å². The first-order valence-electron chi connectivity index (χ1n) is 8.68. The normalized spacial score (nSPS) is 21.0. The first kappa shape index (κ1) is 16.0. The van der Waals surface area contributed by atoms with E-state index in [-0.39, 0.29) is 5.41 Å². The smallest absolute Gasteiger partial charge is 0.123 e. The second-order valence-electron chi connectivity index (χ2n) is 7.57. The molecular weight excluding hydrogens is 282 g/mol. The lowest BCUT2D eigenvalue weighted by Gasteiger charge is -2.25. The Morgan fingerprint density at radius 3 is 2.78 bits per heavy atom. The average Bonchev–Trinajstić information content (AvgIpc) is 2.71. The molecule has 122 valence electrons. The maximum absolute atomic E-state index is 6.16. The van der Waals surface area contributed by atoms with Crippen molar-refractivity contribution in [1.82, 2.24) is 4.98 Å². The number of pyridine rings is 1. The lowest BCUT2D eigenvalue weighted by Crippen LogP contribution is -2.21. The molecule has 2 heteroatoms. The van der Waals surface area contributed by atoms with Crippen molar-refractivity contribution in [2.75, 3.05) is 6.61 Å². The highest BCUT2D eigenvalue weighted by Gasteiger charge is 2.32. The molecule has 0 radical (unpaired) electrons. The highest BCUT2D eigenvalue weighted by molar-refractivity contribution is 5.45. The van der Waals surface area contributed by atoms with E-state index in [1.54, 1.807) is 0 Å². The average molecular weight is 309 g/mol. The predicted octanol–water partition coefficient (Wildman–Crippen LogP) is 5.54. The SMILES string of the molecule is CCC(C)c1ccc2c(c1)C(c1ccccn1)CC(C)(C)CO2. The summed E-state index contributed by atoms with van der Waals surface area (Å²) in [6.45, 7) is 9.85. The Hall–Kier alpha value is -1.83. The van der Waals surface area contributed by atoms with Gasteiger partial charge in [-0.25, -0.2) is 0 Å². The van der Waals surface area contributed by atoms with Crippen molar-refractivity contribution in [3.05, 3.63) is 59.4 Å². The summed E-state index contributed by atoms with van der Waals surface area (Å²) in [7, 11) is 0. The summed E-state index contributed by atoms with van der Waals surface area (Å²) in [6, 6.07) is 12.9. The molecule has 1 aromatic carbocycles. The van der Waals surface area contributed by atoms with E-state index >= 15 is 0 Å². The zero-order valence-electron chi connectivity index (χ0n) is 14.7. The Kier molecular flexibility index (Phi) is 4.43. The summed E-state index contributed by atoms with van der Waals surface area (Å²) >= 11 is 0. The van der Waals surface area contributed by atoms with Crippen molar-refractivity contribution < 1.29 is 4.74 Å². The molecule has 1 aliphatic heterocycles. The number of benzene rings is 1. The van der Waals surface area contributed by atoms with Crippen LogP contribution in [-0.4, -0.2) is 11.6 Å². The molecule has 3 rings (SSSR count).